The first-order valence-electron chi connectivity index (χ1n) is 11.0. The molecule has 0 aliphatic heterocycles. The van der Waals surface area contributed by atoms with Gasteiger partial charge in [0, 0.05) is 44.5 Å². The average molecular weight is 465 g/mol. The summed E-state index contributed by atoms with van der Waals surface area (Å²) in [6.07, 6.45) is 1.67. The second kappa shape index (κ2) is 9.40. The zero-order chi connectivity index (χ0) is 24.4. The molecule has 0 aliphatic carbocycles. The predicted octanol–water partition coefficient (Wildman–Crippen LogP) is 6.11. The van der Waals surface area contributed by atoms with E-state index in [2.05, 4.69) is 46.5 Å². The van der Waals surface area contributed by atoms with Gasteiger partial charge in [0.15, 0.2) is 0 Å². The second-order valence-electron chi connectivity index (χ2n) is 10.3. The molecule has 1 aromatic heterocycles. The van der Waals surface area contributed by atoms with Crippen molar-refractivity contribution in [3.8, 4) is 5.75 Å². The van der Waals surface area contributed by atoms with Crippen LogP contribution in [0, 0.1) is 0 Å². The Bertz CT molecular complexity index is 1150. The Labute approximate surface area is 200 Å². The van der Waals surface area contributed by atoms with Crippen molar-refractivity contribution in [3.63, 3.8) is 0 Å². The number of amidine groups is 1. The van der Waals surface area contributed by atoms with Gasteiger partial charge in [0.05, 0.1) is 6.54 Å². The lowest BCUT2D eigenvalue weighted by atomic mass is 9.79. The summed E-state index contributed by atoms with van der Waals surface area (Å²) in [4.78, 5) is 4.49. The van der Waals surface area contributed by atoms with Crippen LogP contribution in [0.3, 0.4) is 0 Å². The lowest BCUT2D eigenvalue weighted by Crippen LogP contribution is -2.18. The molecule has 33 heavy (non-hydrogen) atoms. The molecule has 0 unspecified atom stereocenters. The molecule has 3 rings (SSSR count). The van der Waals surface area contributed by atoms with Gasteiger partial charge in [0.25, 0.3) is 5.69 Å². The largest absolute Gasteiger partial charge is 0.507 e. The summed E-state index contributed by atoms with van der Waals surface area (Å²) in [7, 11) is 0. The highest BCUT2D eigenvalue weighted by atomic mass is 32.1. The quantitative estimate of drug-likeness (QED) is 0.140. The van der Waals surface area contributed by atoms with Crippen molar-refractivity contribution < 1.29 is 15.1 Å². The van der Waals surface area contributed by atoms with Gasteiger partial charge >= 0.3 is 0 Å². The topological polar surface area (TPSA) is 81.9 Å². The molecule has 1 heterocycles. The first kappa shape index (κ1) is 24.5. The van der Waals surface area contributed by atoms with E-state index >= 15 is 0 Å². The molecule has 0 saturated heterocycles. The van der Waals surface area contributed by atoms with Crippen LogP contribution in [-0.2, 0) is 17.4 Å². The van der Waals surface area contributed by atoms with Gasteiger partial charge in [0.1, 0.15) is 11.6 Å². The van der Waals surface area contributed by atoms with Crippen molar-refractivity contribution in [2.24, 2.45) is 10.7 Å². The van der Waals surface area contributed by atoms with E-state index in [1.54, 1.807) is 17.6 Å². The van der Waals surface area contributed by atoms with E-state index in [1.807, 2.05) is 53.2 Å². The number of hydrogen-bond donors (Lipinski definition) is 3. The fourth-order valence-electron chi connectivity index (χ4n) is 3.56. The van der Waals surface area contributed by atoms with E-state index in [-0.39, 0.29) is 16.6 Å². The number of nitrogens with zero attached hydrogens (tertiary/aromatic N) is 2. The van der Waals surface area contributed by atoms with Crippen LogP contribution in [0.2, 0.25) is 0 Å². The monoisotopic (exact) mass is 464 g/mol. The molecule has 174 valence electrons. The number of hydrogen-bond acceptors (Lipinski definition) is 4. The minimum absolute atomic E-state index is 0.277. The van der Waals surface area contributed by atoms with Gasteiger partial charge in [-0.15, -0.1) is 0 Å². The Morgan fingerprint density at radius 3 is 2.21 bits per heavy atom. The molecule has 5 nitrogen and oxygen atoms in total. The molecule has 0 radical (unpaired) electrons. The van der Waals surface area contributed by atoms with Crippen LogP contribution in [0.25, 0.3) is 0 Å². The maximum atomic E-state index is 10.9. The average Bonchev–Trinajstić information content (AvgIpc) is 3.25. The maximum absolute atomic E-state index is 10.9. The van der Waals surface area contributed by atoms with Crippen LogP contribution in [0.5, 0.6) is 5.75 Å². The van der Waals surface area contributed by atoms with Crippen LogP contribution in [0.4, 0.5) is 5.69 Å². The molecule has 6 heteroatoms. The molecule has 0 saturated carbocycles. The first-order chi connectivity index (χ1) is 15.4. The summed E-state index contributed by atoms with van der Waals surface area (Å²) in [5.74, 6) is 0.804. The van der Waals surface area contributed by atoms with Gasteiger partial charge in [-0.25, -0.2) is 0 Å². The molecule has 0 atom stereocenters. The normalized spacial score (nSPS) is 13.4. The van der Waals surface area contributed by atoms with E-state index in [0.717, 1.165) is 32.6 Å². The fraction of sp³-hybridized carbons (Fsp3) is 0.333. The molecule has 0 amide bonds. The molecule has 0 spiro atoms. The highest BCUT2D eigenvalue weighted by Crippen LogP contribution is 2.41. The minimum Gasteiger partial charge on any atom is -0.507 e. The van der Waals surface area contributed by atoms with Crippen molar-refractivity contribution in [1.29, 1.82) is 0 Å². The van der Waals surface area contributed by atoms with Gasteiger partial charge in [-0.05, 0) is 40.0 Å². The van der Waals surface area contributed by atoms with Crippen molar-refractivity contribution in [1.82, 2.24) is 0 Å². The summed E-state index contributed by atoms with van der Waals surface area (Å²) in [6, 6.07) is 13.5. The SMILES string of the molecule is CC(C)(C)c1cc(/[N+](O)=C/c2cccc(CN=C(N)c3ccsc3)c2)cc(C(C)(C)C)c1O. The number of phenolic OH excluding ortho intramolecular Hbond substituents is 1. The van der Waals surface area contributed by atoms with E-state index in [1.165, 1.54) is 0 Å². The van der Waals surface area contributed by atoms with Gasteiger partial charge in [-0.2, -0.15) is 11.3 Å². The van der Waals surface area contributed by atoms with Gasteiger partial charge in [-0.3, -0.25) is 10.2 Å². The third kappa shape index (κ3) is 6.02. The highest BCUT2D eigenvalue weighted by Gasteiger charge is 2.29. The fourth-order valence-corrected chi connectivity index (χ4v) is 4.21. The standard InChI is InChI=1S/C27H33N3O2S/c1-26(2,3)22-13-21(14-23(24(22)31)27(4,5)6)30(32)16-19-9-7-8-18(12-19)15-29-25(28)20-10-11-33-17-20/h7-14,16-17H,15H2,1-6H3,(H3-,28,29,31,32)/p+1/b30-16-. The maximum Gasteiger partial charge on any atom is 0.258 e. The summed E-state index contributed by atoms with van der Waals surface area (Å²) in [6.45, 7) is 12.8. The Morgan fingerprint density at radius 2 is 1.67 bits per heavy atom. The van der Waals surface area contributed by atoms with Crippen molar-refractivity contribution in [3.05, 3.63) is 81.0 Å². The predicted molar refractivity (Wildman–Crippen MR) is 138 cm³/mol. The lowest BCUT2D eigenvalue weighted by Gasteiger charge is -2.26. The van der Waals surface area contributed by atoms with E-state index in [9.17, 15) is 10.3 Å². The number of aromatic hydroxyl groups is 1. The smallest absolute Gasteiger partial charge is 0.258 e. The van der Waals surface area contributed by atoms with Crippen LogP contribution in [0.15, 0.2) is 58.2 Å². The Morgan fingerprint density at radius 1 is 1.03 bits per heavy atom. The molecule has 0 fully saturated rings. The van der Waals surface area contributed by atoms with Gasteiger partial charge in [0.2, 0.25) is 6.21 Å². The van der Waals surface area contributed by atoms with E-state index in [0.29, 0.717) is 18.1 Å². The van der Waals surface area contributed by atoms with E-state index in [4.69, 9.17) is 5.73 Å². The number of nitrogens with two attached hydrogens (primary N) is 1. The Kier molecular flexibility index (Phi) is 6.98. The van der Waals surface area contributed by atoms with Crippen molar-refractivity contribution >= 4 is 29.1 Å². The lowest BCUT2D eigenvalue weighted by molar-refractivity contribution is -0.709. The summed E-state index contributed by atoms with van der Waals surface area (Å²) in [5.41, 5.74) is 10.5. The molecule has 0 aliphatic rings. The first-order valence-corrected chi connectivity index (χ1v) is 11.9. The van der Waals surface area contributed by atoms with E-state index < -0.39 is 0 Å². The summed E-state index contributed by atoms with van der Waals surface area (Å²) >= 11 is 1.59. The summed E-state index contributed by atoms with van der Waals surface area (Å²) < 4.78 is 1.12. The molecule has 3 aromatic rings. The number of aliphatic imine (C=N–C) groups is 1. The third-order valence-electron chi connectivity index (χ3n) is 5.45. The van der Waals surface area contributed by atoms with Crippen molar-refractivity contribution in [2.45, 2.75) is 58.9 Å². The molecular weight excluding hydrogens is 430 g/mol. The van der Waals surface area contributed by atoms with Crippen LogP contribution >= 0.6 is 11.3 Å². The minimum atomic E-state index is -0.277. The van der Waals surface area contributed by atoms with Crippen LogP contribution in [0.1, 0.15) is 69.4 Å². The van der Waals surface area contributed by atoms with Crippen LogP contribution in [-0.4, -0.2) is 27.1 Å². The number of rotatable bonds is 5. The Hall–Kier alpha value is -3.12. The zero-order valence-corrected chi connectivity index (χ0v) is 21.1. The van der Waals surface area contributed by atoms with Gasteiger partial charge in [-0.1, -0.05) is 53.7 Å². The van der Waals surface area contributed by atoms with Crippen molar-refractivity contribution in [2.75, 3.05) is 0 Å². The highest BCUT2D eigenvalue weighted by molar-refractivity contribution is 7.08. The van der Waals surface area contributed by atoms with Crippen LogP contribution < -0.4 is 5.73 Å². The molecular formula is C27H34N3O2S+. The number of thiophene rings is 1. The molecule has 0 bridgehead atoms. The second-order valence-corrected chi connectivity index (χ2v) is 11.1. The molecule has 2 aromatic carbocycles. The third-order valence-corrected chi connectivity index (χ3v) is 6.13. The molecule has 4 N–H and O–H groups in total. The Balaban J connectivity index is 1.95. The summed E-state index contributed by atoms with van der Waals surface area (Å²) in [5, 5.41) is 25.8. The zero-order valence-electron chi connectivity index (χ0n) is 20.3. The number of benzene rings is 2. The van der Waals surface area contributed by atoms with Gasteiger partial charge < -0.3 is 10.8 Å². The number of phenols is 1.